The highest BCUT2D eigenvalue weighted by Crippen LogP contribution is 2.27. The van der Waals surface area contributed by atoms with Crippen molar-refractivity contribution in [3.05, 3.63) is 52.3 Å². The summed E-state index contributed by atoms with van der Waals surface area (Å²) in [6.45, 7) is 5.65. The Morgan fingerprint density at radius 1 is 1.48 bits per heavy atom. The number of nitrogens with zero attached hydrogens (tertiary/aromatic N) is 2. The molecule has 0 aliphatic rings. The van der Waals surface area contributed by atoms with E-state index in [4.69, 9.17) is 11.6 Å². The zero-order valence-electron chi connectivity index (χ0n) is 13.2. The molecule has 122 valence electrons. The molecule has 0 bridgehead atoms. The molecule has 1 N–H and O–H groups in total. The molecular weight excluding hydrogens is 319 g/mol. The SMILES string of the molecule is Cc1cn(-c2c(F)cc(/C=C(\CC(C)C)C(=O)O)cc2Cl)cn1. The number of carboxylic acids is 1. The van der Waals surface area contributed by atoms with Crippen LogP contribution in [-0.2, 0) is 4.79 Å². The first-order valence-corrected chi connectivity index (χ1v) is 7.59. The number of imidazole rings is 1. The Bertz CT molecular complexity index is 743. The lowest BCUT2D eigenvalue weighted by Gasteiger charge is -2.10. The second-order valence-corrected chi connectivity index (χ2v) is 6.24. The van der Waals surface area contributed by atoms with Gasteiger partial charge in [0.05, 0.1) is 17.0 Å². The summed E-state index contributed by atoms with van der Waals surface area (Å²) in [5.74, 6) is -1.36. The van der Waals surface area contributed by atoms with Crippen LogP contribution in [0, 0.1) is 18.7 Å². The fraction of sp³-hybridized carbons (Fsp3) is 0.294. The molecule has 0 saturated heterocycles. The Morgan fingerprint density at radius 3 is 2.65 bits per heavy atom. The largest absolute Gasteiger partial charge is 0.478 e. The van der Waals surface area contributed by atoms with E-state index in [0.29, 0.717) is 12.0 Å². The summed E-state index contributed by atoms with van der Waals surface area (Å²) in [6.07, 6.45) is 5.01. The fourth-order valence-corrected chi connectivity index (χ4v) is 2.62. The van der Waals surface area contributed by atoms with Crippen LogP contribution in [-0.4, -0.2) is 20.6 Å². The molecule has 0 amide bonds. The maximum Gasteiger partial charge on any atom is 0.331 e. The van der Waals surface area contributed by atoms with Gasteiger partial charge in [-0.25, -0.2) is 14.2 Å². The second kappa shape index (κ2) is 6.96. The van der Waals surface area contributed by atoms with Gasteiger partial charge in [-0.3, -0.25) is 0 Å². The Kier molecular flexibility index (Phi) is 5.21. The number of carboxylic acid groups (broad SMARTS) is 1. The van der Waals surface area contributed by atoms with Crippen molar-refractivity contribution in [2.24, 2.45) is 5.92 Å². The number of aliphatic carboxylic acids is 1. The summed E-state index contributed by atoms with van der Waals surface area (Å²) in [4.78, 5) is 15.3. The first-order valence-electron chi connectivity index (χ1n) is 7.21. The molecule has 0 unspecified atom stereocenters. The summed E-state index contributed by atoms with van der Waals surface area (Å²) < 4.78 is 15.9. The molecule has 0 fully saturated rings. The Labute approximate surface area is 139 Å². The number of hydrogen-bond donors (Lipinski definition) is 1. The predicted octanol–water partition coefficient (Wildman–Crippen LogP) is 4.49. The summed E-state index contributed by atoms with van der Waals surface area (Å²) in [5.41, 5.74) is 1.59. The molecule has 6 heteroatoms. The topological polar surface area (TPSA) is 55.1 Å². The Morgan fingerprint density at radius 2 is 2.17 bits per heavy atom. The van der Waals surface area contributed by atoms with Gasteiger partial charge in [-0.15, -0.1) is 0 Å². The lowest BCUT2D eigenvalue weighted by molar-refractivity contribution is -0.132. The van der Waals surface area contributed by atoms with Crippen LogP contribution in [0.15, 0.2) is 30.2 Å². The van der Waals surface area contributed by atoms with Gasteiger partial charge in [0.1, 0.15) is 11.5 Å². The average molecular weight is 337 g/mol. The third kappa shape index (κ3) is 4.20. The Hall–Kier alpha value is -2.14. The lowest BCUT2D eigenvalue weighted by Crippen LogP contribution is -2.04. The van der Waals surface area contributed by atoms with E-state index in [0.717, 1.165) is 5.69 Å². The molecule has 0 aliphatic carbocycles. The van der Waals surface area contributed by atoms with Crippen molar-refractivity contribution >= 4 is 23.6 Å². The summed E-state index contributed by atoms with van der Waals surface area (Å²) in [5, 5.41) is 9.45. The number of hydrogen-bond acceptors (Lipinski definition) is 2. The van der Waals surface area contributed by atoms with Crippen molar-refractivity contribution in [3.63, 3.8) is 0 Å². The molecule has 1 aromatic carbocycles. The lowest BCUT2D eigenvalue weighted by atomic mass is 10.0. The molecule has 0 spiro atoms. The van der Waals surface area contributed by atoms with Crippen molar-refractivity contribution in [1.82, 2.24) is 9.55 Å². The van der Waals surface area contributed by atoms with Gasteiger partial charge >= 0.3 is 5.97 Å². The van der Waals surface area contributed by atoms with E-state index in [-0.39, 0.29) is 22.2 Å². The zero-order chi connectivity index (χ0) is 17.1. The fourth-order valence-electron chi connectivity index (χ4n) is 2.31. The highest BCUT2D eigenvalue weighted by atomic mass is 35.5. The van der Waals surface area contributed by atoms with E-state index in [1.54, 1.807) is 19.2 Å². The molecular formula is C17H18ClFN2O2. The minimum Gasteiger partial charge on any atom is -0.478 e. The smallest absolute Gasteiger partial charge is 0.331 e. The van der Waals surface area contributed by atoms with E-state index in [2.05, 4.69) is 4.98 Å². The van der Waals surface area contributed by atoms with E-state index in [1.165, 1.54) is 23.0 Å². The minimum atomic E-state index is -1.01. The van der Waals surface area contributed by atoms with Crippen LogP contribution < -0.4 is 0 Å². The molecule has 2 aromatic rings. The highest BCUT2D eigenvalue weighted by Gasteiger charge is 2.14. The standard InChI is InChI=1S/C17H18ClFN2O2/c1-10(2)4-13(17(22)23)5-12-6-14(18)16(15(19)7-12)21-8-11(3)20-9-21/h5-10H,4H2,1-3H3,(H,22,23)/b13-5+. The number of rotatable bonds is 5. The van der Waals surface area contributed by atoms with Crippen molar-refractivity contribution in [3.8, 4) is 5.69 Å². The summed E-state index contributed by atoms with van der Waals surface area (Å²) >= 11 is 6.18. The van der Waals surface area contributed by atoms with Crippen molar-refractivity contribution in [1.29, 1.82) is 0 Å². The van der Waals surface area contributed by atoms with E-state index in [1.807, 2.05) is 13.8 Å². The molecule has 2 rings (SSSR count). The van der Waals surface area contributed by atoms with E-state index >= 15 is 0 Å². The molecule has 1 heterocycles. The second-order valence-electron chi connectivity index (χ2n) is 5.83. The van der Waals surface area contributed by atoms with Crippen molar-refractivity contribution in [2.75, 3.05) is 0 Å². The maximum atomic E-state index is 14.4. The van der Waals surface area contributed by atoms with Crippen LogP contribution in [0.1, 0.15) is 31.5 Å². The first-order chi connectivity index (χ1) is 10.8. The van der Waals surface area contributed by atoms with Gasteiger partial charge in [-0.2, -0.15) is 0 Å². The van der Waals surface area contributed by atoms with Crippen LogP contribution in [0.25, 0.3) is 11.8 Å². The number of benzene rings is 1. The molecule has 1 aromatic heterocycles. The third-order valence-corrected chi connectivity index (χ3v) is 3.54. The number of aryl methyl sites for hydroxylation is 1. The molecule has 23 heavy (non-hydrogen) atoms. The van der Waals surface area contributed by atoms with Crippen LogP contribution in [0.5, 0.6) is 0 Å². The summed E-state index contributed by atoms with van der Waals surface area (Å²) in [7, 11) is 0. The van der Waals surface area contributed by atoms with Crippen molar-refractivity contribution < 1.29 is 14.3 Å². The van der Waals surface area contributed by atoms with Gasteiger partial charge in [-0.05, 0) is 43.0 Å². The number of carbonyl (C=O) groups is 1. The molecule has 0 atom stereocenters. The van der Waals surface area contributed by atoms with Crippen LogP contribution in [0.2, 0.25) is 5.02 Å². The highest BCUT2D eigenvalue weighted by molar-refractivity contribution is 6.32. The van der Waals surface area contributed by atoms with Crippen LogP contribution in [0.4, 0.5) is 4.39 Å². The van der Waals surface area contributed by atoms with Gasteiger partial charge in [-0.1, -0.05) is 25.4 Å². The van der Waals surface area contributed by atoms with Gasteiger partial charge in [0.25, 0.3) is 0 Å². The average Bonchev–Trinajstić information content (AvgIpc) is 2.83. The minimum absolute atomic E-state index is 0.186. The van der Waals surface area contributed by atoms with Gasteiger partial charge in [0.15, 0.2) is 0 Å². The van der Waals surface area contributed by atoms with Crippen LogP contribution in [0.3, 0.4) is 0 Å². The zero-order valence-corrected chi connectivity index (χ0v) is 13.9. The van der Waals surface area contributed by atoms with E-state index < -0.39 is 11.8 Å². The van der Waals surface area contributed by atoms with Crippen molar-refractivity contribution in [2.45, 2.75) is 27.2 Å². The molecule has 4 nitrogen and oxygen atoms in total. The number of aromatic nitrogens is 2. The molecule has 0 aliphatic heterocycles. The van der Waals surface area contributed by atoms with Crippen LogP contribution >= 0.6 is 11.6 Å². The summed E-state index contributed by atoms with van der Waals surface area (Å²) in [6, 6.07) is 2.83. The van der Waals surface area contributed by atoms with Gasteiger partial charge in [0.2, 0.25) is 0 Å². The first kappa shape index (κ1) is 17.2. The van der Waals surface area contributed by atoms with Gasteiger partial charge in [0, 0.05) is 11.8 Å². The van der Waals surface area contributed by atoms with E-state index in [9.17, 15) is 14.3 Å². The Balaban J connectivity index is 2.45. The quantitative estimate of drug-likeness (QED) is 0.818. The normalized spacial score (nSPS) is 12.0. The molecule has 0 radical (unpaired) electrons. The number of halogens is 2. The monoisotopic (exact) mass is 336 g/mol. The molecule has 0 saturated carbocycles. The maximum absolute atomic E-state index is 14.4. The predicted molar refractivity (Wildman–Crippen MR) is 88.3 cm³/mol. The third-order valence-electron chi connectivity index (χ3n) is 3.25. The van der Waals surface area contributed by atoms with Gasteiger partial charge < -0.3 is 9.67 Å².